The number of aryl methyl sites for hydroxylation is 1. The minimum absolute atomic E-state index is 0.139. The largest absolute Gasteiger partial charge is 0.486 e. The van der Waals surface area contributed by atoms with Crippen molar-refractivity contribution in [3.8, 4) is 23.0 Å². The van der Waals surface area contributed by atoms with Crippen LogP contribution in [0.3, 0.4) is 0 Å². The van der Waals surface area contributed by atoms with Gasteiger partial charge in [-0.15, -0.1) is 10.2 Å². The van der Waals surface area contributed by atoms with Gasteiger partial charge in [0, 0.05) is 17.1 Å². The van der Waals surface area contributed by atoms with E-state index in [-0.39, 0.29) is 11.7 Å². The number of pyridine rings is 1. The van der Waals surface area contributed by atoms with Crippen LogP contribution < -0.4 is 19.5 Å². The van der Waals surface area contributed by atoms with Crippen molar-refractivity contribution in [2.24, 2.45) is 0 Å². The number of thioether (sulfide) groups is 1. The first-order valence-corrected chi connectivity index (χ1v) is 12.5. The van der Waals surface area contributed by atoms with Crippen LogP contribution in [0.4, 0.5) is 5.69 Å². The zero-order valence-corrected chi connectivity index (χ0v) is 20.2. The molecule has 0 aliphatic carbocycles. The minimum Gasteiger partial charge on any atom is -0.486 e. The summed E-state index contributed by atoms with van der Waals surface area (Å²) in [6, 6.07) is 22.8. The summed E-state index contributed by atoms with van der Waals surface area (Å²) in [5.74, 6) is 2.93. The number of ether oxygens (including phenoxy) is 3. The van der Waals surface area contributed by atoms with Crippen LogP contribution in [0.5, 0.6) is 23.0 Å². The maximum Gasteiger partial charge on any atom is 0.234 e. The summed E-state index contributed by atoms with van der Waals surface area (Å²) in [4.78, 5) is 12.7. The molecule has 1 amide bonds. The normalized spacial score (nSPS) is 12.6. The van der Waals surface area contributed by atoms with Gasteiger partial charge in [0.1, 0.15) is 24.7 Å². The molecule has 0 fully saturated rings. The van der Waals surface area contributed by atoms with Crippen molar-refractivity contribution < 1.29 is 19.0 Å². The molecule has 0 saturated carbocycles. The lowest BCUT2D eigenvalue weighted by Gasteiger charge is -2.19. The molecule has 0 saturated heterocycles. The van der Waals surface area contributed by atoms with Gasteiger partial charge < -0.3 is 19.5 Å². The van der Waals surface area contributed by atoms with Crippen molar-refractivity contribution in [2.75, 3.05) is 24.3 Å². The maximum absolute atomic E-state index is 12.7. The molecule has 9 heteroatoms. The highest BCUT2D eigenvalue weighted by molar-refractivity contribution is 7.99. The molecule has 1 N–H and O–H groups in total. The Labute approximate surface area is 211 Å². The molecule has 0 radical (unpaired) electrons. The summed E-state index contributed by atoms with van der Waals surface area (Å²) in [5.41, 5.74) is 3.33. The number of carbonyl (C=O) groups excluding carboxylic acids is 1. The van der Waals surface area contributed by atoms with Gasteiger partial charge in [-0.3, -0.25) is 9.20 Å². The molecule has 0 unspecified atom stereocenters. The van der Waals surface area contributed by atoms with Crippen LogP contribution in [-0.4, -0.2) is 39.5 Å². The molecule has 180 valence electrons. The number of aromatic nitrogens is 3. The van der Waals surface area contributed by atoms with Crippen molar-refractivity contribution in [1.29, 1.82) is 0 Å². The van der Waals surface area contributed by atoms with E-state index in [1.54, 1.807) is 0 Å². The molecule has 1 aliphatic rings. The molecule has 5 aromatic rings. The third-order valence-electron chi connectivity index (χ3n) is 5.74. The Morgan fingerprint density at radius 2 is 1.69 bits per heavy atom. The summed E-state index contributed by atoms with van der Waals surface area (Å²) in [5, 5.41) is 13.3. The number of hydrogen-bond acceptors (Lipinski definition) is 7. The van der Waals surface area contributed by atoms with Crippen molar-refractivity contribution in [3.05, 3.63) is 78.4 Å². The van der Waals surface area contributed by atoms with Gasteiger partial charge in [-0.2, -0.15) is 0 Å². The van der Waals surface area contributed by atoms with E-state index in [1.807, 2.05) is 78.1 Å². The van der Waals surface area contributed by atoms with Gasteiger partial charge in [-0.25, -0.2) is 0 Å². The zero-order chi connectivity index (χ0) is 24.5. The van der Waals surface area contributed by atoms with Gasteiger partial charge in [0.05, 0.1) is 11.3 Å². The van der Waals surface area contributed by atoms with Crippen LogP contribution in [-0.2, 0) is 4.79 Å². The molecule has 3 heterocycles. The van der Waals surface area contributed by atoms with Crippen LogP contribution in [0.25, 0.3) is 16.6 Å². The first-order chi connectivity index (χ1) is 17.6. The zero-order valence-electron chi connectivity index (χ0n) is 19.4. The van der Waals surface area contributed by atoms with Crippen LogP contribution in [0.15, 0.2) is 78.0 Å². The Morgan fingerprint density at radius 3 is 2.47 bits per heavy atom. The number of nitrogens with zero attached hydrogens (tertiary/aromatic N) is 3. The number of nitrogens with one attached hydrogen (secondary N) is 1. The molecule has 0 bridgehead atoms. The number of carbonyl (C=O) groups is 1. The lowest BCUT2D eigenvalue weighted by Crippen LogP contribution is -2.15. The highest BCUT2D eigenvalue weighted by Crippen LogP contribution is 2.36. The summed E-state index contributed by atoms with van der Waals surface area (Å²) in [6.07, 6.45) is 0. The van der Waals surface area contributed by atoms with Crippen LogP contribution >= 0.6 is 11.8 Å². The lowest BCUT2D eigenvalue weighted by molar-refractivity contribution is -0.113. The molecule has 2 aromatic heterocycles. The molecule has 1 aliphatic heterocycles. The van der Waals surface area contributed by atoms with E-state index in [0.29, 0.717) is 35.6 Å². The van der Waals surface area contributed by atoms with E-state index in [2.05, 4.69) is 21.6 Å². The SMILES string of the molecule is Cc1cc2cc3c(cc2n2c(SCC(=O)Nc4ccc(Oc5ccccc5)cc4)nnc12)OCCO3. The van der Waals surface area contributed by atoms with Crippen molar-refractivity contribution >= 4 is 39.9 Å². The quantitative estimate of drug-likeness (QED) is 0.310. The number of fused-ring (bicyclic) bond motifs is 4. The summed E-state index contributed by atoms with van der Waals surface area (Å²) >= 11 is 1.33. The lowest BCUT2D eigenvalue weighted by atomic mass is 10.1. The fourth-order valence-electron chi connectivity index (χ4n) is 4.09. The van der Waals surface area contributed by atoms with Gasteiger partial charge in [-0.1, -0.05) is 30.0 Å². The van der Waals surface area contributed by atoms with Gasteiger partial charge in [0.25, 0.3) is 0 Å². The van der Waals surface area contributed by atoms with E-state index in [1.165, 1.54) is 11.8 Å². The molecule has 3 aromatic carbocycles. The molecule has 8 nitrogen and oxygen atoms in total. The van der Waals surface area contributed by atoms with E-state index < -0.39 is 0 Å². The van der Waals surface area contributed by atoms with E-state index >= 15 is 0 Å². The van der Waals surface area contributed by atoms with Crippen molar-refractivity contribution in [3.63, 3.8) is 0 Å². The van der Waals surface area contributed by atoms with E-state index in [0.717, 1.165) is 33.6 Å². The van der Waals surface area contributed by atoms with E-state index in [9.17, 15) is 4.79 Å². The standard InChI is InChI=1S/C27H22N4O4S/c1-17-13-18-14-23-24(34-12-11-33-23)15-22(18)31-26(17)29-30-27(31)36-16-25(32)28-19-7-9-21(10-8-19)35-20-5-3-2-4-6-20/h2-10,13-15H,11-12,16H2,1H3,(H,28,32). The molecule has 6 rings (SSSR count). The molecule has 0 atom stereocenters. The predicted octanol–water partition coefficient (Wildman–Crippen LogP) is 5.49. The number of para-hydroxylation sites is 1. The third-order valence-corrected chi connectivity index (χ3v) is 6.67. The van der Waals surface area contributed by atoms with Crippen LogP contribution in [0, 0.1) is 6.92 Å². The molecule has 0 spiro atoms. The second-order valence-corrected chi connectivity index (χ2v) is 9.24. The van der Waals surface area contributed by atoms with Gasteiger partial charge in [0.15, 0.2) is 22.3 Å². The number of amides is 1. The van der Waals surface area contributed by atoms with Crippen molar-refractivity contribution in [2.45, 2.75) is 12.1 Å². The molecular weight excluding hydrogens is 476 g/mol. The highest BCUT2D eigenvalue weighted by atomic mass is 32.2. The van der Waals surface area contributed by atoms with Gasteiger partial charge >= 0.3 is 0 Å². The minimum atomic E-state index is -0.139. The number of benzene rings is 3. The third kappa shape index (κ3) is 4.40. The average molecular weight is 499 g/mol. The van der Waals surface area contributed by atoms with Crippen LogP contribution in [0.1, 0.15) is 5.56 Å². The summed E-state index contributed by atoms with van der Waals surface area (Å²) in [6.45, 7) is 3.04. The predicted molar refractivity (Wildman–Crippen MR) is 139 cm³/mol. The molecular formula is C27H22N4O4S. The smallest absolute Gasteiger partial charge is 0.234 e. The van der Waals surface area contributed by atoms with Crippen LogP contribution in [0.2, 0.25) is 0 Å². The Morgan fingerprint density at radius 1 is 0.972 bits per heavy atom. The fourth-order valence-corrected chi connectivity index (χ4v) is 4.84. The fraction of sp³-hybridized carbons (Fsp3) is 0.148. The topological polar surface area (TPSA) is 87.0 Å². The number of anilines is 1. The monoisotopic (exact) mass is 498 g/mol. The molecule has 36 heavy (non-hydrogen) atoms. The Hall–Kier alpha value is -4.24. The summed E-state index contributed by atoms with van der Waals surface area (Å²) in [7, 11) is 0. The average Bonchev–Trinajstić information content (AvgIpc) is 3.33. The van der Waals surface area contributed by atoms with Crippen molar-refractivity contribution in [1.82, 2.24) is 14.6 Å². The second kappa shape index (κ2) is 9.43. The second-order valence-electron chi connectivity index (χ2n) is 8.30. The Bertz CT molecular complexity index is 1570. The summed E-state index contributed by atoms with van der Waals surface area (Å²) < 4.78 is 19.3. The number of rotatable bonds is 6. The highest BCUT2D eigenvalue weighted by Gasteiger charge is 2.18. The Balaban J connectivity index is 1.17. The van der Waals surface area contributed by atoms with Gasteiger partial charge in [-0.05, 0) is 61.0 Å². The van der Waals surface area contributed by atoms with Gasteiger partial charge in [0.2, 0.25) is 5.91 Å². The number of hydrogen-bond donors (Lipinski definition) is 1. The first-order valence-electron chi connectivity index (χ1n) is 11.5. The van der Waals surface area contributed by atoms with E-state index in [4.69, 9.17) is 14.2 Å². The maximum atomic E-state index is 12.7. The Kier molecular flexibility index (Phi) is 5.82. The first kappa shape index (κ1) is 22.2.